The van der Waals surface area contributed by atoms with Crippen molar-refractivity contribution >= 4 is 18.1 Å². The summed E-state index contributed by atoms with van der Waals surface area (Å²) in [5.41, 5.74) is 0.401. The number of aliphatic hydroxyl groups excluding tert-OH is 1. The molecule has 0 aromatic carbocycles. The summed E-state index contributed by atoms with van der Waals surface area (Å²) in [7, 11) is 0. The van der Waals surface area contributed by atoms with Crippen LogP contribution >= 0.6 is 0 Å². The summed E-state index contributed by atoms with van der Waals surface area (Å²) >= 11 is 0. The van der Waals surface area contributed by atoms with Crippen molar-refractivity contribution in [3.63, 3.8) is 0 Å². The number of carbonyl (C=O) groups is 1. The first-order valence-electron chi connectivity index (χ1n) is 4.03. The second kappa shape index (κ2) is 4.48. The molecule has 0 aromatic rings. The molecule has 0 saturated carbocycles. The average molecular weight is 194 g/mol. The standard InChI is InChI=1S/C9H10N2O3/c1-7-6-11(4-2-3-5-12)9(14)10-8(7)13/h2-4,6,12H,5H2,1H3/b3-2?,11-4-. The van der Waals surface area contributed by atoms with Crippen LogP contribution in [0.4, 0.5) is 0 Å². The van der Waals surface area contributed by atoms with Crippen LogP contribution in [0.3, 0.4) is 0 Å². The van der Waals surface area contributed by atoms with Crippen molar-refractivity contribution in [3.05, 3.63) is 23.9 Å². The molecule has 0 bridgehead atoms. The van der Waals surface area contributed by atoms with Gasteiger partial charge in [-0.1, -0.05) is 6.08 Å². The minimum atomic E-state index is -0.622. The fraction of sp³-hybridized carbons (Fsp3) is 0.222. The Morgan fingerprint density at radius 1 is 1.71 bits per heavy atom. The van der Waals surface area contributed by atoms with Crippen molar-refractivity contribution < 1.29 is 19.6 Å². The Morgan fingerprint density at radius 3 is 3.07 bits per heavy atom. The van der Waals surface area contributed by atoms with E-state index in [-0.39, 0.29) is 6.61 Å². The van der Waals surface area contributed by atoms with Gasteiger partial charge in [-0.25, -0.2) is 9.37 Å². The average Bonchev–Trinajstić information content (AvgIpc) is 2.14. The Balaban J connectivity index is 2.90. The van der Waals surface area contributed by atoms with Gasteiger partial charge in [0.15, 0.2) is 0 Å². The molecular formula is C9H10N2O3. The second-order valence-corrected chi connectivity index (χ2v) is 2.68. The predicted molar refractivity (Wildman–Crippen MR) is 48.7 cm³/mol. The van der Waals surface area contributed by atoms with E-state index in [2.05, 4.69) is 4.99 Å². The van der Waals surface area contributed by atoms with E-state index in [4.69, 9.17) is 5.11 Å². The third-order valence-corrected chi connectivity index (χ3v) is 1.58. The summed E-state index contributed by atoms with van der Waals surface area (Å²) in [4.78, 5) is 14.2. The van der Waals surface area contributed by atoms with E-state index in [1.807, 2.05) is 0 Å². The van der Waals surface area contributed by atoms with Crippen LogP contribution in [0.2, 0.25) is 0 Å². The third kappa shape index (κ3) is 2.37. The number of nitrogens with zero attached hydrogens (tertiary/aromatic N) is 2. The molecule has 0 fully saturated rings. The highest BCUT2D eigenvalue weighted by Crippen LogP contribution is 2.01. The predicted octanol–water partition coefficient (Wildman–Crippen LogP) is -1.22. The first-order valence-corrected chi connectivity index (χ1v) is 4.03. The van der Waals surface area contributed by atoms with Gasteiger partial charge in [-0.15, -0.1) is 0 Å². The lowest BCUT2D eigenvalue weighted by Crippen LogP contribution is -2.34. The van der Waals surface area contributed by atoms with Crippen molar-refractivity contribution in [2.24, 2.45) is 4.99 Å². The number of amides is 1. The van der Waals surface area contributed by atoms with Crippen LogP contribution in [-0.4, -0.2) is 34.4 Å². The van der Waals surface area contributed by atoms with Crippen LogP contribution in [0.1, 0.15) is 6.92 Å². The summed E-state index contributed by atoms with van der Waals surface area (Å²) in [6, 6.07) is -0.622. The number of allylic oxidation sites excluding steroid dienone is 1. The Labute approximate surface area is 81.0 Å². The molecule has 1 amide bonds. The highest BCUT2D eigenvalue weighted by molar-refractivity contribution is 6.00. The lowest BCUT2D eigenvalue weighted by Gasteiger charge is -2.07. The molecular weight excluding hydrogens is 184 g/mol. The van der Waals surface area contributed by atoms with Gasteiger partial charge in [0.1, 0.15) is 6.20 Å². The Hall–Kier alpha value is -1.75. The molecule has 0 radical (unpaired) electrons. The maximum Gasteiger partial charge on any atom is 0.380 e. The maximum atomic E-state index is 11.1. The molecule has 1 rings (SSSR count). The van der Waals surface area contributed by atoms with E-state index < -0.39 is 11.9 Å². The fourth-order valence-corrected chi connectivity index (χ4v) is 0.873. The zero-order valence-corrected chi connectivity index (χ0v) is 7.67. The minimum absolute atomic E-state index is 0.0999. The Morgan fingerprint density at radius 2 is 2.43 bits per heavy atom. The molecule has 0 aromatic heterocycles. The maximum absolute atomic E-state index is 11.1. The number of aliphatic hydroxyl groups is 1. The molecule has 1 heterocycles. The van der Waals surface area contributed by atoms with Crippen LogP contribution in [0.15, 0.2) is 28.9 Å². The van der Waals surface area contributed by atoms with E-state index in [1.54, 1.807) is 6.92 Å². The SMILES string of the molecule is CC1=C/[N+](=C/C=CCO)C([O-])=NC1=O. The fourth-order valence-electron chi connectivity index (χ4n) is 0.873. The molecule has 0 aliphatic carbocycles. The van der Waals surface area contributed by atoms with Gasteiger partial charge in [-0.05, 0) is 18.0 Å². The summed E-state index contributed by atoms with van der Waals surface area (Å²) in [6.45, 7) is 1.48. The lowest BCUT2D eigenvalue weighted by atomic mass is 10.3. The Bertz CT molecular complexity index is 364. The number of rotatable bonds is 2. The zero-order chi connectivity index (χ0) is 10.6. The molecule has 5 nitrogen and oxygen atoms in total. The van der Waals surface area contributed by atoms with Gasteiger partial charge in [0.2, 0.25) is 0 Å². The van der Waals surface area contributed by atoms with Gasteiger partial charge in [-0.3, -0.25) is 0 Å². The van der Waals surface area contributed by atoms with Crippen molar-refractivity contribution in [2.75, 3.05) is 6.61 Å². The topological polar surface area (TPSA) is 75.7 Å². The molecule has 1 aliphatic rings. The summed E-state index contributed by atoms with van der Waals surface area (Å²) in [5.74, 6) is -0.509. The highest BCUT2D eigenvalue weighted by Gasteiger charge is 2.18. The number of aliphatic imine (C=N–C) groups is 1. The van der Waals surface area contributed by atoms with Crippen LogP contribution in [-0.2, 0) is 4.79 Å². The normalized spacial score (nSPS) is 20.1. The van der Waals surface area contributed by atoms with E-state index in [0.717, 1.165) is 0 Å². The largest absolute Gasteiger partial charge is 0.806 e. The van der Waals surface area contributed by atoms with E-state index in [9.17, 15) is 9.90 Å². The number of carbonyl (C=O) groups excluding carboxylic acids is 1. The van der Waals surface area contributed by atoms with Crippen molar-refractivity contribution in [1.29, 1.82) is 0 Å². The summed E-state index contributed by atoms with van der Waals surface area (Å²) < 4.78 is 1.18. The second-order valence-electron chi connectivity index (χ2n) is 2.68. The van der Waals surface area contributed by atoms with Gasteiger partial charge in [0.25, 0.3) is 6.02 Å². The van der Waals surface area contributed by atoms with Gasteiger partial charge >= 0.3 is 5.91 Å². The molecule has 1 aliphatic heterocycles. The first-order chi connectivity index (χ1) is 6.65. The number of amidine groups is 1. The van der Waals surface area contributed by atoms with Crippen molar-refractivity contribution in [3.8, 4) is 0 Å². The van der Waals surface area contributed by atoms with E-state index in [1.165, 1.54) is 29.1 Å². The van der Waals surface area contributed by atoms with Crippen LogP contribution in [0.5, 0.6) is 0 Å². The highest BCUT2D eigenvalue weighted by atomic mass is 16.3. The first kappa shape index (κ1) is 10.3. The molecule has 14 heavy (non-hydrogen) atoms. The molecule has 1 N–H and O–H groups in total. The van der Waals surface area contributed by atoms with Crippen LogP contribution in [0.25, 0.3) is 0 Å². The van der Waals surface area contributed by atoms with Crippen LogP contribution in [0, 0.1) is 0 Å². The van der Waals surface area contributed by atoms with E-state index >= 15 is 0 Å². The van der Waals surface area contributed by atoms with Crippen molar-refractivity contribution in [1.82, 2.24) is 0 Å². The molecule has 0 atom stereocenters. The van der Waals surface area contributed by atoms with Gasteiger partial charge in [0.05, 0.1) is 18.4 Å². The minimum Gasteiger partial charge on any atom is -0.806 e. The zero-order valence-electron chi connectivity index (χ0n) is 7.67. The quantitative estimate of drug-likeness (QED) is 0.560. The van der Waals surface area contributed by atoms with Gasteiger partial charge in [-0.2, -0.15) is 0 Å². The molecule has 74 valence electrons. The van der Waals surface area contributed by atoms with Gasteiger partial charge in [0, 0.05) is 0 Å². The lowest BCUT2D eigenvalue weighted by molar-refractivity contribution is -0.437. The summed E-state index contributed by atoms with van der Waals surface area (Å²) in [5, 5.41) is 19.6. The molecule has 0 unspecified atom stereocenters. The summed E-state index contributed by atoms with van der Waals surface area (Å²) in [6.07, 6.45) is 5.80. The van der Waals surface area contributed by atoms with Gasteiger partial charge < -0.3 is 10.2 Å². The number of hydrogen-bond donors (Lipinski definition) is 1. The van der Waals surface area contributed by atoms with Crippen LogP contribution < -0.4 is 5.11 Å². The third-order valence-electron chi connectivity index (χ3n) is 1.58. The smallest absolute Gasteiger partial charge is 0.380 e. The molecule has 0 saturated heterocycles. The van der Waals surface area contributed by atoms with E-state index in [0.29, 0.717) is 5.57 Å². The molecule has 5 heteroatoms. The van der Waals surface area contributed by atoms with Crippen molar-refractivity contribution in [2.45, 2.75) is 6.92 Å². The molecule has 0 spiro atoms. The number of hydrogen-bond acceptors (Lipinski definition) is 3. The monoisotopic (exact) mass is 194 g/mol. The Kier molecular flexibility index (Phi) is 3.30.